The second kappa shape index (κ2) is 5.06. The minimum absolute atomic E-state index is 0.167. The molecule has 0 heterocycles. The first-order valence-corrected chi connectivity index (χ1v) is 7.40. The fourth-order valence-corrected chi connectivity index (χ4v) is 3.20. The van der Waals surface area contributed by atoms with Crippen molar-refractivity contribution in [2.45, 2.75) is 37.3 Å². The van der Waals surface area contributed by atoms with E-state index in [2.05, 4.69) is 20.7 Å². The van der Waals surface area contributed by atoms with Crippen molar-refractivity contribution in [3.63, 3.8) is 0 Å². The second-order valence-electron chi connectivity index (χ2n) is 4.46. The molecule has 2 N–H and O–H groups in total. The molecule has 1 atom stereocenters. The SMILES string of the molecule is CC(O)C(C)(C)NS(=O)(=O)c1cccc(Br)c1. The molecular weight excluding hydrogens is 306 g/mol. The van der Waals surface area contributed by atoms with Gasteiger partial charge in [0.2, 0.25) is 10.0 Å². The Morgan fingerprint density at radius 3 is 2.47 bits per heavy atom. The lowest BCUT2D eigenvalue weighted by Crippen LogP contribution is -2.50. The molecular formula is C11H16BrNO3S. The Morgan fingerprint density at radius 1 is 1.41 bits per heavy atom. The van der Waals surface area contributed by atoms with E-state index in [0.717, 1.165) is 0 Å². The predicted octanol–water partition coefficient (Wildman–Crippen LogP) is 1.89. The molecule has 0 aliphatic heterocycles. The number of aliphatic hydroxyl groups is 1. The Bertz CT molecular complexity index is 497. The molecule has 6 heteroatoms. The molecule has 0 saturated carbocycles. The fraction of sp³-hybridized carbons (Fsp3) is 0.455. The van der Waals surface area contributed by atoms with Gasteiger partial charge in [0.15, 0.2) is 0 Å². The summed E-state index contributed by atoms with van der Waals surface area (Å²) in [4.78, 5) is 0.167. The number of sulfonamides is 1. The molecule has 0 saturated heterocycles. The second-order valence-corrected chi connectivity index (χ2v) is 7.06. The molecule has 1 aromatic carbocycles. The van der Waals surface area contributed by atoms with Gasteiger partial charge in [-0.3, -0.25) is 0 Å². The molecule has 0 amide bonds. The minimum atomic E-state index is -3.63. The van der Waals surface area contributed by atoms with E-state index >= 15 is 0 Å². The monoisotopic (exact) mass is 321 g/mol. The van der Waals surface area contributed by atoms with Crippen LogP contribution in [0.3, 0.4) is 0 Å². The van der Waals surface area contributed by atoms with Crippen molar-refractivity contribution in [1.29, 1.82) is 0 Å². The number of aliphatic hydroxyl groups excluding tert-OH is 1. The largest absolute Gasteiger partial charge is 0.391 e. The van der Waals surface area contributed by atoms with Gasteiger partial charge in [-0.05, 0) is 39.0 Å². The lowest BCUT2D eigenvalue weighted by molar-refractivity contribution is 0.111. The normalized spacial score (nSPS) is 14.6. The van der Waals surface area contributed by atoms with Crippen molar-refractivity contribution in [1.82, 2.24) is 4.72 Å². The third-order valence-electron chi connectivity index (χ3n) is 2.55. The van der Waals surface area contributed by atoms with Crippen LogP contribution in [0.15, 0.2) is 33.6 Å². The van der Waals surface area contributed by atoms with E-state index in [4.69, 9.17) is 0 Å². The van der Waals surface area contributed by atoms with Gasteiger partial charge >= 0.3 is 0 Å². The summed E-state index contributed by atoms with van der Waals surface area (Å²) < 4.78 is 27.3. The zero-order valence-corrected chi connectivity index (χ0v) is 12.3. The molecule has 0 spiro atoms. The topological polar surface area (TPSA) is 66.4 Å². The highest BCUT2D eigenvalue weighted by Gasteiger charge is 2.30. The van der Waals surface area contributed by atoms with Crippen LogP contribution >= 0.6 is 15.9 Å². The number of hydrogen-bond donors (Lipinski definition) is 2. The van der Waals surface area contributed by atoms with Crippen molar-refractivity contribution in [3.05, 3.63) is 28.7 Å². The van der Waals surface area contributed by atoms with Crippen LogP contribution in [0.2, 0.25) is 0 Å². The van der Waals surface area contributed by atoms with Gasteiger partial charge < -0.3 is 5.11 Å². The maximum absolute atomic E-state index is 12.1. The molecule has 1 unspecified atom stereocenters. The average molecular weight is 322 g/mol. The maximum atomic E-state index is 12.1. The molecule has 0 fully saturated rings. The third kappa shape index (κ3) is 3.77. The van der Waals surface area contributed by atoms with E-state index < -0.39 is 21.7 Å². The maximum Gasteiger partial charge on any atom is 0.241 e. The first kappa shape index (κ1) is 14.6. The Balaban J connectivity index is 3.06. The molecule has 0 bridgehead atoms. The van der Waals surface area contributed by atoms with Crippen molar-refractivity contribution >= 4 is 26.0 Å². The van der Waals surface area contributed by atoms with Crippen LogP contribution < -0.4 is 4.72 Å². The number of halogens is 1. The zero-order chi connectivity index (χ0) is 13.3. The lowest BCUT2D eigenvalue weighted by Gasteiger charge is -2.28. The first-order valence-electron chi connectivity index (χ1n) is 5.13. The summed E-state index contributed by atoms with van der Waals surface area (Å²) in [5.41, 5.74) is -0.916. The van der Waals surface area contributed by atoms with Gasteiger partial charge in [-0.2, -0.15) is 0 Å². The quantitative estimate of drug-likeness (QED) is 0.890. The minimum Gasteiger partial charge on any atom is -0.391 e. The average Bonchev–Trinajstić information content (AvgIpc) is 2.15. The summed E-state index contributed by atoms with van der Waals surface area (Å²) in [6.07, 6.45) is -0.788. The van der Waals surface area contributed by atoms with Crippen LogP contribution in [-0.4, -0.2) is 25.2 Å². The van der Waals surface area contributed by atoms with Crippen molar-refractivity contribution in [2.24, 2.45) is 0 Å². The summed E-state index contributed by atoms with van der Waals surface area (Å²) in [7, 11) is -3.63. The molecule has 0 aliphatic rings. The van der Waals surface area contributed by atoms with Gasteiger partial charge in [0.1, 0.15) is 0 Å². The molecule has 0 aromatic heterocycles. The molecule has 17 heavy (non-hydrogen) atoms. The van der Waals surface area contributed by atoms with Crippen LogP contribution in [0, 0.1) is 0 Å². The van der Waals surface area contributed by atoms with Gasteiger partial charge in [0.05, 0.1) is 16.5 Å². The van der Waals surface area contributed by atoms with Crippen molar-refractivity contribution in [2.75, 3.05) is 0 Å². The smallest absolute Gasteiger partial charge is 0.241 e. The van der Waals surface area contributed by atoms with E-state index in [1.165, 1.54) is 12.1 Å². The third-order valence-corrected chi connectivity index (χ3v) is 4.71. The summed E-state index contributed by atoms with van der Waals surface area (Å²) in [5, 5.41) is 9.51. The molecule has 96 valence electrons. The lowest BCUT2D eigenvalue weighted by atomic mass is 10.0. The van der Waals surface area contributed by atoms with E-state index in [9.17, 15) is 13.5 Å². The molecule has 1 rings (SSSR count). The fourth-order valence-electron chi connectivity index (χ4n) is 1.12. The summed E-state index contributed by atoms with van der Waals surface area (Å²) in [6, 6.07) is 6.42. The first-order chi connectivity index (χ1) is 7.65. The highest BCUT2D eigenvalue weighted by molar-refractivity contribution is 9.10. The standard InChI is InChI=1S/C11H16BrNO3S/c1-8(14)11(2,3)13-17(15,16)10-6-4-5-9(12)7-10/h4-8,13-14H,1-3H3. The van der Waals surface area contributed by atoms with E-state index in [1.807, 2.05) is 0 Å². The Kier molecular flexibility index (Phi) is 4.35. The van der Waals surface area contributed by atoms with Gasteiger partial charge in [-0.1, -0.05) is 22.0 Å². The molecule has 1 aromatic rings. The van der Waals surface area contributed by atoms with Gasteiger partial charge in [0.25, 0.3) is 0 Å². The summed E-state index contributed by atoms with van der Waals surface area (Å²) >= 11 is 3.22. The highest BCUT2D eigenvalue weighted by Crippen LogP contribution is 2.19. The number of nitrogens with one attached hydrogen (secondary N) is 1. The summed E-state index contributed by atoms with van der Waals surface area (Å²) in [6.45, 7) is 4.81. The van der Waals surface area contributed by atoms with E-state index in [1.54, 1.807) is 32.9 Å². The van der Waals surface area contributed by atoms with Gasteiger partial charge in [-0.15, -0.1) is 0 Å². The van der Waals surface area contributed by atoms with Crippen LogP contribution in [0.1, 0.15) is 20.8 Å². The summed E-state index contributed by atoms with van der Waals surface area (Å²) in [5.74, 6) is 0. The Morgan fingerprint density at radius 2 is 2.00 bits per heavy atom. The van der Waals surface area contributed by atoms with E-state index in [0.29, 0.717) is 4.47 Å². The van der Waals surface area contributed by atoms with Crippen LogP contribution in [0.25, 0.3) is 0 Å². The molecule has 0 radical (unpaired) electrons. The highest BCUT2D eigenvalue weighted by atomic mass is 79.9. The van der Waals surface area contributed by atoms with Crippen LogP contribution in [0.5, 0.6) is 0 Å². The number of rotatable bonds is 4. The number of benzene rings is 1. The van der Waals surface area contributed by atoms with Crippen molar-refractivity contribution in [3.8, 4) is 0 Å². The van der Waals surface area contributed by atoms with E-state index in [-0.39, 0.29) is 4.90 Å². The van der Waals surface area contributed by atoms with Gasteiger partial charge in [-0.25, -0.2) is 13.1 Å². The van der Waals surface area contributed by atoms with Crippen LogP contribution in [-0.2, 0) is 10.0 Å². The van der Waals surface area contributed by atoms with Gasteiger partial charge in [0, 0.05) is 4.47 Å². The Labute approximate surface area is 110 Å². The molecule has 0 aliphatic carbocycles. The van der Waals surface area contributed by atoms with Crippen molar-refractivity contribution < 1.29 is 13.5 Å². The van der Waals surface area contributed by atoms with Crippen LogP contribution in [0.4, 0.5) is 0 Å². The Hall–Kier alpha value is -0.430. The predicted molar refractivity (Wildman–Crippen MR) is 70.2 cm³/mol. The number of hydrogen-bond acceptors (Lipinski definition) is 3. The zero-order valence-electron chi connectivity index (χ0n) is 9.94. The molecule has 4 nitrogen and oxygen atoms in total.